The molecular weight excluding hydrogens is 306 g/mol. The third kappa shape index (κ3) is 5.64. The second kappa shape index (κ2) is 7.53. The number of hydrogen-bond donors (Lipinski definition) is 1. The third-order valence-corrected chi connectivity index (χ3v) is 3.09. The molecule has 0 aliphatic rings. The number of hydrogen-bond acceptors (Lipinski definition) is 2. The smallest absolute Gasteiger partial charge is 0.220 e. The van der Waals surface area contributed by atoms with E-state index in [1.807, 2.05) is 18.2 Å². The molecule has 1 amide bonds. The molecule has 0 spiro atoms. The van der Waals surface area contributed by atoms with Crippen molar-refractivity contribution in [3.63, 3.8) is 0 Å². The molecular formula is C15H22BrNO2. The summed E-state index contributed by atoms with van der Waals surface area (Å²) in [6.45, 7) is 7.50. The molecule has 0 aliphatic carbocycles. The minimum Gasteiger partial charge on any atom is -0.491 e. The highest BCUT2D eigenvalue weighted by atomic mass is 79.9. The zero-order valence-electron chi connectivity index (χ0n) is 11.8. The number of ether oxygens (including phenoxy) is 1. The number of benzene rings is 1. The first-order chi connectivity index (χ1) is 8.95. The second-order valence-electron chi connectivity index (χ2n) is 5.38. The van der Waals surface area contributed by atoms with Crippen molar-refractivity contribution < 1.29 is 9.53 Å². The standard InChI is InChI=1S/C15H22BrNO2/c1-15(2,3)12-6-4-5-7-13(12)19-11-10-17-14(18)8-9-16/h4-7H,8-11H2,1-3H3,(H,17,18). The lowest BCUT2D eigenvalue weighted by Gasteiger charge is -2.22. The first-order valence-corrected chi connectivity index (χ1v) is 7.62. The van der Waals surface area contributed by atoms with Crippen LogP contribution in [-0.4, -0.2) is 24.4 Å². The maximum absolute atomic E-state index is 11.3. The van der Waals surface area contributed by atoms with E-state index in [1.165, 1.54) is 5.56 Å². The lowest BCUT2D eigenvalue weighted by atomic mass is 9.86. The summed E-state index contributed by atoms with van der Waals surface area (Å²) in [4.78, 5) is 11.3. The fourth-order valence-electron chi connectivity index (χ4n) is 1.74. The Balaban J connectivity index is 2.48. The van der Waals surface area contributed by atoms with E-state index in [4.69, 9.17) is 4.74 Å². The average Bonchev–Trinajstić information content (AvgIpc) is 2.34. The molecule has 0 bridgehead atoms. The summed E-state index contributed by atoms with van der Waals surface area (Å²) < 4.78 is 5.77. The molecule has 0 radical (unpaired) electrons. The van der Waals surface area contributed by atoms with Gasteiger partial charge in [0.15, 0.2) is 0 Å². The summed E-state index contributed by atoms with van der Waals surface area (Å²) in [6, 6.07) is 8.04. The zero-order chi connectivity index (χ0) is 14.3. The molecule has 0 unspecified atom stereocenters. The average molecular weight is 328 g/mol. The Labute approximate surface area is 123 Å². The number of para-hydroxylation sites is 1. The normalized spacial score (nSPS) is 11.2. The molecule has 0 atom stereocenters. The van der Waals surface area contributed by atoms with E-state index in [0.29, 0.717) is 24.9 Å². The van der Waals surface area contributed by atoms with Crippen LogP contribution in [0.5, 0.6) is 5.75 Å². The molecule has 0 fully saturated rings. The Hall–Kier alpha value is -1.03. The van der Waals surface area contributed by atoms with E-state index in [2.05, 4.69) is 48.1 Å². The molecule has 0 saturated heterocycles. The predicted octanol–water partition coefficient (Wildman–Crippen LogP) is 3.26. The summed E-state index contributed by atoms with van der Waals surface area (Å²) in [5, 5.41) is 3.51. The topological polar surface area (TPSA) is 38.3 Å². The molecule has 0 aliphatic heterocycles. The van der Waals surface area contributed by atoms with Crippen molar-refractivity contribution >= 4 is 21.8 Å². The zero-order valence-corrected chi connectivity index (χ0v) is 13.4. The minimum absolute atomic E-state index is 0.0459. The summed E-state index contributed by atoms with van der Waals surface area (Å²) in [7, 11) is 0. The number of carbonyl (C=O) groups is 1. The van der Waals surface area contributed by atoms with Crippen LogP contribution in [0.25, 0.3) is 0 Å². The van der Waals surface area contributed by atoms with Gasteiger partial charge in [0.25, 0.3) is 0 Å². The van der Waals surface area contributed by atoms with Gasteiger partial charge in [-0.05, 0) is 17.0 Å². The number of carbonyl (C=O) groups excluding carboxylic acids is 1. The fraction of sp³-hybridized carbons (Fsp3) is 0.533. The monoisotopic (exact) mass is 327 g/mol. The molecule has 0 saturated carbocycles. The summed E-state index contributed by atoms with van der Waals surface area (Å²) >= 11 is 3.23. The van der Waals surface area contributed by atoms with Gasteiger partial charge in [0, 0.05) is 11.8 Å². The highest BCUT2D eigenvalue weighted by molar-refractivity contribution is 9.09. The Kier molecular flexibility index (Phi) is 6.35. The quantitative estimate of drug-likeness (QED) is 0.643. The van der Waals surface area contributed by atoms with Crippen molar-refractivity contribution in [3.05, 3.63) is 29.8 Å². The van der Waals surface area contributed by atoms with Crippen LogP contribution in [0.15, 0.2) is 24.3 Å². The van der Waals surface area contributed by atoms with E-state index < -0.39 is 0 Å². The maximum atomic E-state index is 11.3. The van der Waals surface area contributed by atoms with Gasteiger partial charge in [0.05, 0.1) is 6.54 Å². The minimum atomic E-state index is 0.0459. The Morgan fingerprint density at radius 2 is 2.00 bits per heavy atom. The maximum Gasteiger partial charge on any atom is 0.220 e. The van der Waals surface area contributed by atoms with Gasteiger partial charge < -0.3 is 10.1 Å². The lowest BCUT2D eigenvalue weighted by molar-refractivity contribution is -0.120. The largest absolute Gasteiger partial charge is 0.491 e. The van der Waals surface area contributed by atoms with E-state index in [9.17, 15) is 4.79 Å². The van der Waals surface area contributed by atoms with Crippen molar-refractivity contribution in [2.75, 3.05) is 18.5 Å². The van der Waals surface area contributed by atoms with Crippen molar-refractivity contribution in [2.45, 2.75) is 32.6 Å². The second-order valence-corrected chi connectivity index (χ2v) is 6.18. The van der Waals surface area contributed by atoms with Crippen LogP contribution in [0.3, 0.4) is 0 Å². The number of rotatable bonds is 6. The van der Waals surface area contributed by atoms with E-state index >= 15 is 0 Å². The van der Waals surface area contributed by atoms with Crippen LogP contribution in [0.2, 0.25) is 0 Å². The SMILES string of the molecule is CC(C)(C)c1ccccc1OCCNC(=O)CCBr. The number of amides is 1. The summed E-state index contributed by atoms with van der Waals surface area (Å²) in [6.07, 6.45) is 0.499. The Morgan fingerprint density at radius 3 is 2.63 bits per heavy atom. The molecule has 0 aromatic heterocycles. The van der Waals surface area contributed by atoms with Crippen LogP contribution >= 0.6 is 15.9 Å². The van der Waals surface area contributed by atoms with Crippen molar-refractivity contribution in [1.82, 2.24) is 5.32 Å². The Morgan fingerprint density at radius 1 is 1.32 bits per heavy atom. The van der Waals surface area contributed by atoms with Gasteiger partial charge in [-0.2, -0.15) is 0 Å². The molecule has 1 rings (SSSR count). The van der Waals surface area contributed by atoms with Crippen molar-refractivity contribution in [1.29, 1.82) is 0 Å². The first-order valence-electron chi connectivity index (χ1n) is 6.50. The molecule has 1 aromatic carbocycles. The van der Waals surface area contributed by atoms with Crippen LogP contribution < -0.4 is 10.1 Å². The third-order valence-electron chi connectivity index (χ3n) is 2.70. The first kappa shape index (κ1) is 16.0. The van der Waals surface area contributed by atoms with E-state index in [1.54, 1.807) is 0 Å². The van der Waals surface area contributed by atoms with Gasteiger partial charge in [0.2, 0.25) is 5.91 Å². The molecule has 1 N–H and O–H groups in total. The molecule has 19 heavy (non-hydrogen) atoms. The van der Waals surface area contributed by atoms with Gasteiger partial charge >= 0.3 is 0 Å². The van der Waals surface area contributed by atoms with Crippen molar-refractivity contribution in [2.24, 2.45) is 0 Å². The lowest BCUT2D eigenvalue weighted by Crippen LogP contribution is -2.28. The molecule has 106 valence electrons. The van der Waals surface area contributed by atoms with Crippen LogP contribution in [0.1, 0.15) is 32.8 Å². The van der Waals surface area contributed by atoms with Crippen LogP contribution in [-0.2, 0) is 10.2 Å². The van der Waals surface area contributed by atoms with Gasteiger partial charge in [-0.15, -0.1) is 0 Å². The number of alkyl halides is 1. The van der Waals surface area contributed by atoms with Crippen molar-refractivity contribution in [3.8, 4) is 5.75 Å². The number of nitrogens with one attached hydrogen (secondary N) is 1. The molecule has 4 heteroatoms. The van der Waals surface area contributed by atoms with E-state index in [-0.39, 0.29) is 11.3 Å². The van der Waals surface area contributed by atoms with Gasteiger partial charge in [-0.1, -0.05) is 54.9 Å². The van der Waals surface area contributed by atoms with Crippen LogP contribution in [0, 0.1) is 0 Å². The predicted molar refractivity (Wildman–Crippen MR) is 82.1 cm³/mol. The van der Waals surface area contributed by atoms with Crippen LogP contribution in [0.4, 0.5) is 0 Å². The van der Waals surface area contributed by atoms with Gasteiger partial charge in [-0.3, -0.25) is 4.79 Å². The number of halogens is 1. The molecule has 0 heterocycles. The van der Waals surface area contributed by atoms with Gasteiger partial charge in [-0.25, -0.2) is 0 Å². The molecule has 1 aromatic rings. The summed E-state index contributed by atoms with van der Waals surface area (Å²) in [5.41, 5.74) is 1.23. The van der Waals surface area contributed by atoms with E-state index in [0.717, 1.165) is 5.75 Å². The highest BCUT2D eigenvalue weighted by Gasteiger charge is 2.18. The molecule has 3 nitrogen and oxygen atoms in total. The Bertz CT molecular complexity index is 413. The fourth-order valence-corrected chi connectivity index (χ4v) is 2.10. The highest BCUT2D eigenvalue weighted by Crippen LogP contribution is 2.30. The summed E-state index contributed by atoms with van der Waals surface area (Å²) in [5.74, 6) is 0.939. The van der Waals surface area contributed by atoms with Gasteiger partial charge in [0.1, 0.15) is 12.4 Å².